The van der Waals surface area contributed by atoms with Crippen molar-refractivity contribution >= 4 is 11.3 Å². The Hall–Kier alpha value is -1.37. The highest BCUT2D eigenvalue weighted by Gasteiger charge is 2.16. The van der Waals surface area contributed by atoms with E-state index >= 15 is 0 Å². The summed E-state index contributed by atoms with van der Waals surface area (Å²) < 4.78 is 0. The first-order chi connectivity index (χ1) is 7.31. The zero-order chi connectivity index (χ0) is 10.7. The van der Waals surface area contributed by atoms with Crippen molar-refractivity contribution in [3.05, 3.63) is 40.4 Å². The normalized spacial score (nSPS) is 12.7. The molecule has 0 aliphatic rings. The Morgan fingerprint density at radius 3 is 2.80 bits per heavy atom. The third-order valence-electron chi connectivity index (χ3n) is 1.98. The van der Waals surface area contributed by atoms with Crippen molar-refractivity contribution in [3.63, 3.8) is 0 Å². The number of hydrazine groups is 1. The lowest BCUT2D eigenvalue weighted by molar-refractivity contribution is 0.605. The van der Waals surface area contributed by atoms with Crippen LogP contribution in [-0.2, 0) is 0 Å². The number of thiazole rings is 1. The lowest BCUT2D eigenvalue weighted by atomic mass is 10.2. The predicted octanol–water partition coefficient (Wildman–Crippen LogP) is 0.794. The molecule has 0 saturated heterocycles. The van der Waals surface area contributed by atoms with Crippen LogP contribution in [0.2, 0.25) is 0 Å². The van der Waals surface area contributed by atoms with Gasteiger partial charge in [0.2, 0.25) is 0 Å². The molecule has 5 nitrogen and oxygen atoms in total. The largest absolute Gasteiger partial charge is 0.270 e. The molecule has 1 unspecified atom stereocenters. The van der Waals surface area contributed by atoms with E-state index in [1.807, 2.05) is 12.3 Å². The van der Waals surface area contributed by atoms with Gasteiger partial charge < -0.3 is 0 Å². The van der Waals surface area contributed by atoms with Crippen LogP contribution in [-0.4, -0.2) is 15.0 Å². The van der Waals surface area contributed by atoms with Gasteiger partial charge in [0.05, 0.1) is 22.6 Å². The van der Waals surface area contributed by atoms with Crippen molar-refractivity contribution < 1.29 is 0 Å². The first-order valence-corrected chi connectivity index (χ1v) is 5.33. The average Bonchev–Trinajstić information content (AvgIpc) is 2.68. The maximum atomic E-state index is 5.49. The molecule has 0 amide bonds. The summed E-state index contributed by atoms with van der Waals surface area (Å²) in [5.41, 5.74) is 4.33. The number of nitrogens with zero attached hydrogens (tertiary/aromatic N) is 3. The molecule has 0 saturated carbocycles. The van der Waals surface area contributed by atoms with E-state index in [2.05, 4.69) is 20.4 Å². The van der Waals surface area contributed by atoms with Gasteiger partial charge in [-0.25, -0.2) is 10.4 Å². The summed E-state index contributed by atoms with van der Waals surface area (Å²) in [6.07, 6.45) is 4.95. The van der Waals surface area contributed by atoms with Crippen molar-refractivity contribution in [2.75, 3.05) is 0 Å². The minimum Gasteiger partial charge on any atom is -0.270 e. The van der Waals surface area contributed by atoms with Crippen molar-refractivity contribution in [1.29, 1.82) is 0 Å². The van der Waals surface area contributed by atoms with Gasteiger partial charge in [0.15, 0.2) is 0 Å². The molecule has 2 rings (SSSR count). The lowest BCUT2D eigenvalue weighted by Gasteiger charge is -2.11. The molecular formula is C9H11N5S. The second-order valence-corrected chi connectivity index (χ2v) is 4.08. The number of rotatable bonds is 3. The molecule has 6 heteroatoms. The summed E-state index contributed by atoms with van der Waals surface area (Å²) in [5, 5.41) is 2.98. The van der Waals surface area contributed by atoms with Gasteiger partial charge in [0, 0.05) is 17.8 Å². The summed E-state index contributed by atoms with van der Waals surface area (Å²) in [6.45, 7) is 1.96. The van der Waals surface area contributed by atoms with Crippen LogP contribution in [0.5, 0.6) is 0 Å². The highest BCUT2D eigenvalue weighted by atomic mass is 32.1. The summed E-state index contributed by atoms with van der Waals surface area (Å²) in [4.78, 5) is 12.6. The quantitative estimate of drug-likeness (QED) is 0.592. The minimum atomic E-state index is -0.191. The van der Waals surface area contributed by atoms with Gasteiger partial charge in [-0.1, -0.05) is 0 Å². The van der Waals surface area contributed by atoms with E-state index in [0.717, 1.165) is 16.4 Å². The van der Waals surface area contributed by atoms with Crippen LogP contribution < -0.4 is 11.3 Å². The second-order valence-electron chi connectivity index (χ2n) is 3.02. The molecule has 0 fully saturated rings. The van der Waals surface area contributed by atoms with E-state index in [1.165, 1.54) is 0 Å². The maximum absolute atomic E-state index is 5.49. The zero-order valence-electron chi connectivity index (χ0n) is 8.21. The highest BCUT2D eigenvalue weighted by molar-refractivity contribution is 7.09. The van der Waals surface area contributed by atoms with Gasteiger partial charge in [-0.2, -0.15) is 0 Å². The third kappa shape index (κ3) is 2.17. The van der Waals surface area contributed by atoms with Crippen LogP contribution in [0, 0.1) is 6.92 Å². The highest BCUT2D eigenvalue weighted by Crippen LogP contribution is 2.20. The molecule has 2 heterocycles. The van der Waals surface area contributed by atoms with E-state index in [4.69, 9.17) is 5.84 Å². The van der Waals surface area contributed by atoms with E-state index in [0.29, 0.717) is 0 Å². The first-order valence-electron chi connectivity index (χ1n) is 4.45. The summed E-state index contributed by atoms with van der Waals surface area (Å²) >= 11 is 1.59. The third-order valence-corrected chi connectivity index (χ3v) is 2.77. The fourth-order valence-electron chi connectivity index (χ4n) is 1.29. The van der Waals surface area contributed by atoms with E-state index < -0.39 is 0 Å². The molecule has 0 radical (unpaired) electrons. The van der Waals surface area contributed by atoms with Gasteiger partial charge in [-0.05, 0) is 6.92 Å². The molecule has 2 aromatic heterocycles. The van der Waals surface area contributed by atoms with Crippen LogP contribution in [0.15, 0.2) is 24.0 Å². The van der Waals surface area contributed by atoms with E-state index in [-0.39, 0.29) is 6.04 Å². The number of hydrogen-bond donors (Lipinski definition) is 2. The summed E-state index contributed by atoms with van der Waals surface area (Å²) in [7, 11) is 0. The fraction of sp³-hybridized carbons (Fsp3) is 0.222. The summed E-state index contributed by atoms with van der Waals surface area (Å²) in [5.74, 6) is 5.49. The zero-order valence-corrected chi connectivity index (χ0v) is 9.03. The molecule has 0 aliphatic heterocycles. The number of nitrogens with one attached hydrogen (secondary N) is 1. The summed E-state index contributed by atoms with van der Waals surface area (Å²) in [6, 6.07) is -0.191. The molecule has 3 N–H and O–H groups in total. The van der Waals surface area contributed by atoms with Crippen LogP contribution in [0.25, 0.3) is 0 Å². The SMILES string of the molecule is Cc1nc(C(NN)c2cnccn2)cs1. The Morgan fingerprint density at radius 1 is 1.40 bits per heavy atom. The molecular weight excluding hydrogens is 210 g/mol. The van der Waals surface area contributed by atoms with Gasteiger partial charge in [0.25, 0.3) is 0 Å². The van der Waals surface area contributed by atoms with E-state index in [9.17, 15) is 0 Å². The monoisotopic (exact) mass is 221 g/mol. The number of aromatic nitrogens is 3. The molecule has 0 spiro atoms. The smallest absolute Gasteiger partial charge is 0.108 e. The van der Waals surface area contributed by atoms with Crippen molar-refractivity contribution in [3.8, 4) is 0 Å². The van der Waals surface area contributed by atoms with Crippen molar-refractivity contribution in [2.24, 2.45) is 5.84 Å². The predicted molar refractivity (Wildman–Crippen MR) is 58.0 cm³/mol. The Bertz CT molecular complexity index is 427. The van der Waals surface area contributed by atoms with Crippen molar-refractivity contribution in [2.45, 2.75) is 13.0 Å². The van der Waals surface area contributed by atoms with Crippen LogP contribution >= 0.6 is 11.3 Å². The molecule has 0 bridgehead atoms. The standard InChI is InChI=1S/C9H11N5S/c1-6-13-8(5-15-6)9(14-10)7-4-11-2-3-12-7/h2-5,9,14H,10H2,1H3. The first kappa shape index (κ1) is 10.2. The molecule has 1 atom stereocenters. The van der Waals surface area contributed by atoms with Gasteiger partial charge >= 0.3 is 0 Å². The lowest BCUT2D eigenvalue weighted by Crippen LogP contribution is -2.29. The Labute approximate surface area is 91.4 Å². The Balaban J connectivity index is 2.33. The van der Waals surface area contributed by atoms with Gasteiger partial charge in [-0.3, -0.25) is 15.8 Å². The number of hydrogen-bond acceptors (Lipinski definition) is 6. The fourth-order valence-corrected chi connectivity index (χ4v) is 1.93. The molecule has 15 heavy (non-hydrogen) atoms. The second kappa shape index (κ2) is 4.43. The Morgan fingerprint density at radius 2 is 2.27 bits per heavy atom. The number of aryl methyl sites for hydroxylation is 1. The number of nitrogens with two attached hydrogens (primary N) is 1. The minimum absolute atomic E-state index is 0.191. The maximum Gasteiger partial charge on any atom is 0.108 e. The van der Waals surface area contributed by atoms with Crippen molar-refractivity contribution in [1.82, 2.24) is 20.4 Å². The van der Waals surface area contributed by atoms with Gasteiger partial charge in [-0.15, -0.1) is 11.3 Å². The molecule has 78 valence electrons. The molecule has 2 aromatic rings. The molecule has 0 aromatic carbocycles. The van der Waals surface area contributed by atoms with Crippen LogP contribution in [0.1, 0.15) is 22.4 Å². The average molecular weight is 221 g/mol. The van der Waals surface area contributed by atoms with Crippen LogP contribution in [0.4, 0.5) is 0 Å². The van der Waals surface area contributed by atoms with Crippen LogP contribution in [0.3, 0.4) is 0 Å². The van der Waals surface area contributed by atoms with E-state index in [1.54, 1.807) is 29.9 Å². The topological polar surface area (TPSA) is 76.7 Å². The molecule has 0 aliphatic carbocycles. The Kier molecular flexibility index (Phi) is 3.00. The van der Waals surface area contributed by atoms with Gasteiger partial charge in [0.1, 0.15) is 6.04 Å².